The van der Waals surface area contributed by atoms with Gasteiger partial charge in [-0.3, -0.25) is 0 Å². The van der Waals surface area contributed by atoms with E-state index in [1.54, 1.807) is 18.2 Å². The predicted molar refractivity (Wildman–Crippen MR) is 89.4 cm³/mol. The van der Waals surface area contributed by atoms with E-state index in [2.05, 4.69) is 12.1 Å². The Morgan fingerprint density at radius 2 is 1.96 bits per heavy atom. The summed E-state index contributed by atoms with van der Waals surface area (Å²) in [5.41, 5.74) is 1.98. The number of ether oxygens (including phenoxy) is 2. The Kier molecular flexibility index (Phi) is 6.24. The predicted octanol–water partition coefficient (Wildman–Crippen LogP) is 3.59. The van der Waals surface area contributed by atoms with Crippen LogP contribution in [0.3, 0.4) is 0 Å². The molecule has 0 atom stereocenters. The van der Waals surface area contributed by atoms with E-state index in [1.165, 1.54) is 24.8 Å². The Morgan fingerprint density at radius 1 is 1.17 bits per heavy atom. The van der Waals surface area contributed by atoms with Crippen LogP contribution < -0.4 is 4.74 Å². The highest BCUT2D eigenvalue weighted by atomic mass is 16.5. The molecular formula is C19H20O4. The van der Waals surface area contributed by atoms with Gasteiger partial charge in [-0.1, -0.05) is 36.4 Å². The number of benzene rings is 2. The van der Waals surface area contributed by atoms with E-state index in [1.807, 2.05) is 18.2 Å². The second-order valence-corrected chi connectivity index (χ2v) is 5.02. The van der Waals surface area contributed by atoms with Crippen LogP contribution in [0, 0.1) is 0 Å². The van der Waals surface area contributed by atoms with E-state index in [0.717, 1.165) is 18.4 Å². The fraction of sp³-hybridized carbons (Fsp3) is 0.211. The molecule has 2 aromatic rings. The van der Waals surface area contributed by atoms with Crippen molar-refractivity contribution in [1.82, 2.24) is 0 Å². The number of methoxy groups -OCH3 is 1. The molecule has 0 saturated heterocycles. The van der Waals surface area contributed by atoms with Crippen LogP contribution in [0.5, 0.6) is 11.5 Å². The number of esters is 1. The van der Waals surface area contributed by atoms with Crippen molar-refractivity contribution in [3.8, 4) is 11.5 Å². The van der Waals surface area contributed by atoms with E-state index in [0.29, 0.717) is 12.4 Å². The first-order valence-corrected chi connectivity index (χ1v) is 7.45. The maximum absolute atomic E-state index is 11.7. The summed E-state index contributed by atoms with van der Waals surface area (Å²) >= 11 is 0. The number of hydrogen-bond donors (Lipinski definition) is 1. The average Bonchev–Trinajstić information content (AvgIpc) is 2.59. The molecule has 4 nitrogen and oxygen atoms in total. The number of phenols is 1. The summed E-state index contributed by atoms with van der Waals surface area (Å²) in [6.45, 7) is 0.386. The third kappa shape index (κ3) is 5.51. The van der Waals surface area contributed by atoms with E-state index in [9.17, 15) is 9.90 Å². The van der Waals surface area contributed by atoms with Crippen LogP contribution in [0.25, 0.3) is 6.08 Å². The van der Waals surface area contributed by atoms with Crippen molar-refractivity contribution in [2.75, 3.05) is 13.7 Å². The third-order valence-corrected chi connectivity index (χ3v) is 3.31. The lowest BCUT2D eigenvalue weighted by Crippen LogP contribution is -2.03. The molecule has 0 amide bonds. The molecule has 0 aliphatic carbocycles. The zero-order valence-electron chi connectivity index (χ0n) is 13.1. The third-order valence-electron chi connectivity index (χ3n) is 3.31. The van der Waals surface area contributed by atoms with Crippen LogP contribution in [0.15, 0.2) is 54.6 Å². The summed E-state index contributed by atoms with van der Waals surface area (Å²) < 4.78 is 10.2. The highest BCUT2D eigenvalue weighted by molar-refractivity contribution is 5.87. The molecule has 23 heavy (non-hydrogen) atoms. The summed E-state index contributed by atoms with van der Waals surface area (Å²) in [7, 11) is 1.48. The van der Waals surface area contributed by atoms with Gasteiger partial charge in [0.05, 0.1) is 13.7 Å². The van der Waals surface area contributed by atoms with Gasteiger partial charge in [0.25, 0.3) is 0 Å². The summed E-state index contributed by atoms with van der Waals surface area (Å²) in [5.74, 6) is 0.0432. The van der Waals surface area contributed by atoms with Crippen LogP contribution in [0.2, 0.25) is 0 Å². The van der Waals surface area contributed by atoms with Crippen molar-refractivity contribution in [1.29, 1.82) is 0 Å². The van der Waals surface area contributed by atoms with Gasteiger partial charge in [-0.15, -0.1) is 0 Å². The number of aryl methyl sites for hydroxylation is 1. The van der Waals surface area contributed by atoms with E-state index in [-0.39, 0.29) is 11.7 Å². The number of carbonyl (C=O) groups excluding carboxylic acids is 1. The first-order valence-electron chi connectivity index (χ1n) is 7.45. The lowest BCUT2D eigenvalue weighted by molar-refractivity contribution is -0.137. The zero-order valence-corrected chi connectivity index (χ0v) is 13.1. The number of aromatic hydroxyl groups is 1. The molecule has 0 unspecified atom stereocenters. The molecule has 2 rings (SSSR count). The second-order valence-electron chi connectivity index (χ2n) is 5.02. The number of phenolic OH excluding ortho intramolecular Hbond substituents is 1. The van der Waals surface area contributed by atoms with Gasteiger partial charge in [0.2, 0.25) is 0 Å². The standard InChI is InChI=1S/C19H20O4/c1-22-18-14-16(9-11-17(18)20)10-12-19(21)23-13-5-8-15-6-3-2-4-7-15/h2-4,6-7,9-12,14,20H,5,8,13H2,1H3/b12-10+. The van der Waals surface area contributed by atoms with Crippen molar-refractivity contribution in [2.24, 2.45) is 0 Å². The molecule has 1 N–H and O–H groups in total. The molecule has 0 bridgehead atoms. The Bertz CT molecular complexity index is 662. The van der Waals surface area contributed by atoms with Crippen molar-refractivity contribution < 1.29 is 19.4 Å². The molecular weight excluding hydrogens is 292 g/mol. The monoisotopic (exact) mass is 312 g/mol. The molecule has 0 spiro atoms. The topological polar surface area (TPSA) is 55.8 Å². The molecule has 120 valence electrons. The van der Waals surface area contributed by atoms with Crippen LogP contribution in [-0.2, 0) is 16.0 Å². The minimum absolute atomic E-state index is 0.0631. The highest BCUT2D eigenvalue weighted by Gasteiger charge is 2.02. The second kappa shape index (κ2) is 8.63. The number of hydrogen-bond acceptors (Lipinski definition) is 4. The van der Waals surface area contributed by atoms with Crippen LogP contribution in [0.1, 0.15) is 17.5 Å². The Balaban J connectivity index is 1.76. The van der Waals surface area contributed by atoms with Gasteiger partial charge in [-0.2, -0.15) is 0 Å². The maximum Gasteiger partial charge on any atom is 0.330 e. The molecule has 4 heteroatoms. The maximum atomic E-state index is 11.7. The molecule has 0 heterocycles. The molecule has 0 saturated carbocycles. The van der Waals surface area contributed by atoms with E-state index >= 15 is 0 Å². The average molecular weight is 312 g/mol. The summed E-state index contributed by atoms with van der Waals surface area (Å²) in [5, 5.41) is 9.51. The summed E-state index contributed by atoms with van der Waals surface area (Å²) in [4.78, 5) is 11.7. The smallest absolute Gasteiger partial charge is 0.330 e. The molecule has 0 aliphatic rings. The van der Waals surface area contributed by atoms with Crippen molar-refractivity contribution in [3.63, 3.8) is 0 Å². The minimum atomic E-state index is -0.384. The zero-order chi connectivity index (χ0) is 16.5. The van der Waals surface area contributed by atoms with Crippen LogP contribution >= 0.6 is 0 Å². The number of rotatable bonds is 7. The fourth-order valence-electron chi connectivity index (χ4n) is 2.10. The van der Waals surface area contributed by atoms with Crippen molar-refractivity contribution in [3.05, 3.63) is 65.7 Å². The van der Waals surface area contributed by atoms with Gasteiger partial charge >= 0.3 is 5.97 Å². The van der Waals surface area contributed by atoms with Crippen LogP contribution in [-0.4, -0.2) is 24.8 Å². The van der Waals surface area contributed by atoms with Crippen molar-refractivity contribution >= 4 is 12.0 Å². The quantitative estimate of drug-likeness (QED) is 0.482. The molecule has 2 aromatic carbocycles. The first-order chi connectivity index (χ1) is 11.2. The highest BCUT2D eigenvalue weighted by Crippen LogP contribution is 2.26. The van der Waals surface area contributed by atoms with Gasteiger partial charge in [0.1, 0.15) is 0 Å². The Labute approximate surface area is 136 Å². The minimum Gasteiger partial charge on any atom is -0.504 e. The molecule has 0 aromatic heterocycles. The van der Waals surface area contributed by atoms with Gasteiger partial charge < -0.3 is 14.6 Å². The Hall–Kier alpha value is -2.75. The largest absolute Gasteiger partial charge is 0.504 e. The SMILES string of the molecule is COc1cc(/C=C/C(=O)OCCCc2ccccc2)ccc1O. The Morgan fingerprint density at radius 3 is 2.70 bits per heavy atom. The van der Waals surface area contributed by atoms with Gasteiger partial charge in [-0.25, -0.2) is 4.79 Å². The lowest BCUT2D eigenvalue weighted by Gasteiger charge is -2.04. The number of carbonyl (C=O) groups is 1. The van der Waals surface area contributed by atoms with Crippen molar-refractivity contribution in [2.45, 2.75) is 12.8 Å². The van der Waals surface area contributed by atoms with Gasteiger partial charge in [0.15, 0.2) is 11.5 Å². The molecule has 0 aliphatic heterocycles. The van der Waals surface area contributed by atoms with Gasteiger partial charge in [0, 0.05) is 6.08 Å². The first kappa shape index (κ1) is 16.6. The molecule has 0 fully saturated rings. The lowest BCUT2D eigenvalue weighted by atomic mass is 10.1. The molecule has 0 radical (unpaired) electrons. The summed E-state index contributed by atoms with van der Waals surface area (Å²) in [6, 6.07) is 14.9. The summed E-state index contributed by atoms with van der Waals surface area (Å²) in [6.07, 6.45) is 4.67. The van der Waals surface area contributed by atoms with Gasteiger partial charge in [-0.05, 0) is 42.2 Å². The fourth-order valence-corrected chi connectivity index (χ4v) is 2.10. The van der Waals surface area contributed by atoms with Crippen LogP contribution in [0.4, 0.5) is 0 Å². The normalized spacial score (nSPS) is 10.7. The van der Waals surface area contributed by atoms with E-state index in [4.69, 9.17) is 9.47 Å². The van der Waals surface area contributed by atoms with E-state index < -0.39 is 0 Å².